The molecule has 0 spiro atoms. The smallest absolute Gasteiger partial charge is 0.272 e. The first-order chi connectivity index (χ1) is 7.82. The molecule has 0 saturated heterocycles. The fourth-order valence-electron chi connectivity index (χ4n) is 1.59. The second-order valence-corrected chi connectivity index (χ2v) is 4.42. The Balaban J connectivity index is 3.12. The van der Waals surface area contributed by atoms with E-state index in [0.717, 1.165) is 5.56 Å². The van der Waals surface area contributed by atoms with Crippen LogP contribution in [0.3, 0.4) is 0 Å². The van der Waals surface area contributed by atoms with Crippen molar-refractivity contribution in [1.29, 1.82) is 0 Å². The van der Waals surface area contributed by atoms with E-state index < -0.39 is 16.2 Å². The number of halogens is 1. The minimum Gasteiger partial charge on any atom is -0.368 e. The van der Waals surface area contributed by atoms with Crippen molar-refractivity contribution in [1.82, 2.24) is 0 Å². The maximum Gasteiger partial charge on any atom is 0.272 e. The lowest BCUT2D eigenvalue weighted by atomic mass is 10.00. The number of benzene rings is 1. The Bertz CT molecular complexity index is 474. The van der Waals surface area contributed by atoms with Crippen LogP contribution in [-0.4, -0.2) is 16.2 Å². The number of nitrogens with two attached hydrogens (primary N) is 1. The van der Waals surface area contributed by atoms with Crippen molar-refractivity contribution in [2.24, 2.45) is 5.73 Å². The summed E-state index contributed by atoms with van der Waals surface area (Å²) in [7, 11) is 0. The van der Waals surface area contributed by atoms with E-state index in [1.807, 2.05) is 6.92 Å². The minimum absolute atomic E-state index is 0.0268. The van der Waals surface area contributed by atoms with E-state index in [4.69, 9.17) is 17.3 Å². The summed E-state index contributed by atoms with van der Waals surface area (Å²) >= 11 is 5.75. The summed E-state index contributed by atoms with van der Waals surface area (Å²) in [4.78, 5) is 21.2. The Hall–Kier alpha value is -1.62. The van der Waals surface area contributed by atoms with Crippen molar-refractivity contribution in [3.63, 3.8) is 0 Å². The normalized spacial score (nSPS) is 12.2. The first-order valence-electron chi connectivity index (χ1n) is 5.00. The largest absolute Gasteiger partial charge is 0.368 e. The van der Waals surface area contributed by atoms with Gasteiger partial charge in [-0.1, -0.05) is 0 Å². The summed E-state index contributed by atoms with van der Waals surface area (Å²) in [6, 6.07) is 3.15. The molecule has 0 heterocycles. The van der Waals surface area contributed by atoms with Gasteiger partial charge in [0.1, 0.15) is 5.38 Å². The zero-order valence-electron chi connectivity index (χ0n) is 9.57. The van der Waals surface area contributed by atoms with Crippen molar-refractivity contribution >= 4 is 23.2 Å². The maximum absolute atomic E-state index is 10.9. The van der Waals surface area contributed by atoms with Crippen molar-refractivity contribution in [3.05, 3.63) is 38.9 Å². The van der Waals surface area contributed by atoms with Gasteiger partial charge in [0.15, 0.2) is 0 Å². The molecule has 1 atom stereocenters. The lowest BCUT2D eigenvalue weighted by Crippen LogP contribution is -2.25. The van der Waals surface area contributed by atoms with Crippen LogP contribution in [0.1, 0.15) is 16.7 Å². The number of carbonyl (C=O) groups excluding carboxylic acids is 1. The molecule has 0 aromatic heterocycles. The molecular formula is C11H13ClN2O3. The van der Waals surface area contributed by atoms with Gasteiger partial charge < -0.3 is 5.73 Å². The van der Waals surface area contributed by atoms with Crippen molar-refractivity contribution < 1.29 is 9.72 Å². The fraction of sp³-hybridized carbons (Fsp3) is 0.364. The molecule has 1 rings (SSSR count). The number of nitro benzene ring substituents is 1. The zero-order valence-corrected chi connectivity index (χ0v) is 10.3. The van der Waals surface area contributed by atoms with E-state index in [1.165, 1.54) is 6.07 Å². The molecule has 0 aliphatic rings. The van der Waals surface area contributed by atoms with Crippen molar-refractivity contribution in [2.45, 2.75) is 25.6 Å². The first kappa shape index (κ1) is 13.4. The molecule has 0 aliphatic heterocycles. The van der Waals surface area contributed by atoms with Crippen LogP contribution in [0.4, 0.5) is 5.69 Å². The Morgan fingerprint density at radius 2 is 2.06 bits per heavy atom. The quantitative estimate of drug-likeness (QED) is 0.507. The second kappa shape index (κ2) is 5.14. The van der Waals surface area contributed by atoms with Gasteiger partial charge in [-0.15, -0.1) is 11.6 Å². The number of alkyl halides is 1. The zero-order chi connectivity index (χ0) is 13.2. The molecule has 6 heteroatoms. The average molecular weight is 257 g/mol. The van der Waals surface area contributed by atoms with Crippen molar-refractivity contribution in [2.75, 3.05) is 0 Å². The number of aryl methyl sites for hydroxylation is 2. The van der Waals surface area contributed by atoms with E-state index in [1.54, 1.807) is 13.0 Å². The summed E-state index contributed by atoms with van der Waals surface area (Å²) in [6.07, 6.45) is 0.198. The Morgan fingerprint density at radius 3 is 2.53 bits per heavy atom. The van der Waals surface area contributed by atoms with Gasteiger partial charge in [0.25, 0.3) is 5.69 Å². The monoisotopic (exact) mass is 256 g/mol. The predicted octanol–water partition coefficient (Wildman–Crippen LogP) is 1.85. The highest BCUT2D eigenvalue weighted by Crippen LogP contribution is 2.24. The van der Waals surface area contributed by atoms with Gasteiger partial charge in [-0.3, -0.25) is 14.9 Å². The van der Waals surface area contributed by atoms with E-state index >= 15 is 0 Å². The van der Waals surface area contributed by atoms with E-state index in [9.17, 15) is 14.9 Å². The lowest BCUT2D eigenvalue weighted by Gasteiger charge is -2.09. The Morgan fingerprint density at radius 1 is 1.47 bits per heavy atom. The third-order valence-electron chi connectivity index (χ3n) is 2.56. The number of nitrogens with zero attached hydrogens (tertiary/aromatic N) is 1. The van der Waals surface area contributed by atoms with Gasteiger partial charge >= 0.3 is 0 Å². The molecule has 1 aromatic carbocycles. The highest BCUT2D eigenvalue weighted by atomic mass is 35.5. The highest BCUT2D eigenvalue weighted by Gasteiger charge is 2.18. The SMILES string of the molecule is Cc1cc(C)c([N+](=O)[O-])cc1CC(Cl)C(N)=O. The maximum atomic E-state index is 10.9. The highest BCUT2D eigenvalue weighted by molar-refractivity contribution is 6.30. The molecule has 17 heavy (non-hydrogen) atoms. The molecule has 2 N–H and O–H groups in total. The number of amides is 1. The molecule has 5 nitrogen and oxygen atoms in total. The Labute approximate surface area is 104 Å². The van der Waals surface area contributed by atoms with Gasteiger partial charge in [0.05, 0.1) is 4.92 Å². The van der Waals surface area contributed by atoms with Crippen LogP contribution in [0.5, 0.6) is 0 Å². The van der Waals surface area contributed by atoms with Crippen LogP contribution in [0.2, 0.25) is 0 Å². The molecule has 0 aliphatic carbocycles. The summed E-state index contributed by atoms with van der Waals surface area (Å²) in [5.41, 5.74) is 7.20. The number of nitro groups is 1. The van der Waals surface area contributed by atoms with E-state index in [0.29, 0.717) is 11.1 Å². The summed E-state index contributed by atoms with van der Waals surface area (Å²) in [5.74, 6) is -0.630. The molecule has 92 valence electrons. The van der Waals surface area contributed by atoms with Gasteiger partial charge in [-0.05, 0) is 37.5 Å². The molecule has 0 bridgehead atoms. The second-order valence-electron chi connectivity index (χ2n) is 3.90. The molecular weight excluding hydrogens is 244 g/mol. The third kappa shape index (κ3) is 3.17. The van der Waals surface area contributed by atoms with Gasteiger partial charge in [-0.2, -0.15) is 0 Å². The summed E-state index contributed by atoms with van der Waals surface area (Å²) in [6.45, 7) is 3.48. The standard InChI is InChI=1S/C11H13ClN2O3/c1-6-3-7(2)10(14(16)17)5-8(6)4-9(12)11(13)15/h3,5,9H,4H2,1-2H3,(H2,13,15). The molecule has 0 saturated carbocycles. The lowest BCUT2D eigenvalue weighted by molar-refractivity contribution is -0.385. The van der Waals surface area contributed by atoms with Crippen LogP contribution in [0.25, 0.3) is 0 Å². The molecule has 1 unspecified atom stereocenters. The van der Waals surface area contributed by atoms with E-state index in [2.05, 4.69) is 0 Å². The average Bonchev–Trinajstić information content (AvgIpc) is 2.21. The van der Waals surface area contributed by atoms with Gasteiger partial charge in [-0.25, -0.2) is 0 Å². The number of hydrogen-bond donors (Lipinski definition) is 1. The van der Waals surface area contributed by atoms with Gasteiger partial charge in [0, 0.05) is 11.6 Å². The third-order valence-corrected chi connectivity index (χ3v) is 2.93. The van der Waals surface area contributed by atoms with Crippen molar-refractivity contribution in [3.8, 4) is 0 Å². The van der Waals surface area contributed by atoms with Crippen LogP contribution in [0.15, 0.2) is 12.1 Å². The predicted molar refractivity (Wildman–Crippen MR) is 65.1 cm³/mol. The number of primary amides is 1. The van der Waals surface area contributed by atoms with Gasteiger partial charge in [0.2, 0.25) is 5.91 Å². The topological polar surface area (TPSA) is 86.2 Å². The number of carbonyl (C=O) groups is 1. The molecule has 0 radical (unpaired) electrons. The molecule has 0 fully saturated rings. The minimum atomic E-state index is -0.851. The Kier molecular flexibility index (Phi) is 4.07. The van der Waals surface area contributed by atoms with Crippen LogP contribution in [0, 0.1) is 24.0 Å². The summed E-state index contributed by atoms with van der Waals surface area (Å²) < 4.78 is 0. The van der Waals surface area contributed by atoms with Crippen LogP contribution in [-0.2, 0) is 11.2 Å². The summed E-state index contributed by atoms with van der Waals surface area (Å²) in [5, 5.41) is 9.93. The van der Waals surface area contributed by atoms with Crippen LogP contribution < -0.4 is 5.73 Å². The van der Waals surface area contributed by atoms with Crippen LogP contribution >= 0.6 is 11.6 Å². The number of rotatable bonds is 4. The molecule has 1 amide bonds. The van der Waals surface area contributed by atoms with E-state index in [-0.39, 0.29) is 12.1 Å². The number of hydrogen-bond acceptors (Lipinski definition) is 3. The first-order valence-corrected chi connectivity index (χ1v) is 5.44. The molecule has 1 aromatic rings. The fourth-order valence-corrected chi connectivity index (χ4v) is 1.76.